The van der Waals surface area contributed by atoms with Crippen LogP contribution in [0.5, 0.6) is 11.5 Å². The number of ether oxygens (including phenoxy) is 2. The minimum atomic E-state index is -0.127. The smallest absolute Gasteiger partial charge is 0.255 e. The van der Waals surface area contributed by atoms with Crippen LogP contribution in [0, 0.1) is 5.92 Å². The summed E-state index contributed by atoms with van der Waals surface area (Å²) in [6.07, 6.45) is 4.95. The van der Waals surface area contributed by atoms with Crippen molar-refractivity contribution >= 4 is 17.3 Å². The number of rotatable bonds is 6. The SMILES string of the molecule is O=C(Nc1ccc2c(c1)OCCN2)c1ccc(C2CC2)c(OCC2CC2)c1. The van der Waals surface area contributed by atoms with Crippen molar-refractivity contribution in [2.75, 3.05) is 30.4 Å². The van der Waals surface area contributed by atoms with Crippen LogP contribution in [0.25, 0.3) is 0 Å². The van der Waals surface area contributed by atoms with Crippen molar-refractivity contribution in [3.05, 3.63) is 47.5 Å². The third-order valence-electron chi connectivity index (χ3n) is 5.38. The molecule has 0 bridgehead atoms. The Labute approximate surface area is 159 Å². The molecule has 0 atom stereocenters. The van der Waals surface area contributed by atoms with Crippen LogP contribution in [0.3, 0.4) is 0 Å². The molecule has 5 rings (SSSR count). The number of nitrogens with one attached hydrogen (secondary N) is 2. The van der Waals surface area contributed by atoms with Crippen molar-refractivity contribution in [2.45, 2.75) is 31.6 Å². The summed E-state index contributed by atoms with van der Waals surface area (Å²) in [4.78, 5) is 12.8. The maximum atomic E-state index is 12.8. The average molecular weight is 364 g/mol. The number of amides is 1. The van der Waals surface area contributed by atoms with Gasteiger partial charge in [-0.05, 0) is 67.3 Å². The first-order valence-corrected chi connectivity index (χ1v) is 9.85. The molecule has 1 amide bonds. The summed E-state index contributed by atoms with van der Waals surface area (Å²) in [7, 11) is 0. The lowest BCUT2D eigenvalue weighted by Gasteiger charge is -2.20. The third-order valence-corrected chi connectivity index (χ3v) is 5.38. The quantitative estimate of drug-likeness (QED) is 0.797. The van der Waals surface area contributed by atoms with E-state index in [9.17, 15) is 4.79 Å². The normalized spacial score (nSPS) is 18.1. The van der Waals surface area contributed by atoms with Crippen LogP contribution < -0.4 is 20.1 Å². The summed E-state index contributed by atoms with van der Waals surface area (Å²) >= 11 is 0. The minimum absolute atomic E-state index is 0.127. The van der Waals surface area contributed by atoms with E-state index in [-0.39, 0.29) is 5.91 Å². The van der Waals surface area contributed by atoms with Gasteiger partial charge in [0, 0.05) is 23.9 Å². The first-order chi connectivity index (χ1) is 13.3. The molecule has 0 saturated heterocycles. The number of carbonyl (C=O) groups is 1. The van der Waals surface area contributed by atoms with Crippen LogP contribution in [-0.2, 0) is 0 Å². The second kappa shape index (κ2) is 6.80. The second-order valence-corrected chi connectivity index (χ2v) is 7.72. The summed E-state index contributed by atoms with van der Waals surface area (Å²) in [5.41, 5.74) is 3.57. The molecular formula is C22H24N2O3. The van der Waals surface area contributed by atoms with Gasteiger partial charge in [-0.15, -0.1) is 0 Å². The van der Waals surface area contributed by atoms with Crippen LogP contribution in [0.2, 0.25) is 0 Å². The fraction of sp³-hybridized carbons (Fsp3) is 0.409. The van der Waals surface area contributed by atoms with Crippen LogP contribution in [0.1, 0.15) is 47.5 Å². The first-order valence-electron chi connectivity index (χ1n) is 9.85. The predicted octanol–water partition coefficient (Wildman–Crippen LogP) is 4.41. The molecule has 27 heavy (non-hydrogen) atoms. The van der Waals surface area contributed by atoms with Crippen molar-refractivity contribution in [3.63, 3.8) is 0 Å². The highest BCUT2D eigenvalue weighted by molar-refractivity contribution is 6.04. The Bertz CT molecular complexity index is 872. The lowest BCUT2D eigenvalue weighted by Crippen LogP contribution is -2.18. The summed E-state index contributed by atoms with van der Waals surface area (Å²) in [5, 5.41) is 6.25. The van der Waals surface area contributed by atoms with E-state index in [0.717, 1.165) is 36.0 Å². The molecule has 2 aliphatic carbocycles. The molecule has 3 aliphatic rings. The monoisotopic (exact) mass is 364 g/mol. The highest BCUT2D eigenvalue weighted by Gasteiger charge is 2.29. The van der Waals surface area contributed by atoms with Crippen LogP contribution in [-0.4, -0.2) is 25.7 Å². The van der Waals surface area contributed by atoms with Gasteiger partial charge in [-0.3, -0.25) is 4.79 Å². The van der Waals surface area contributed by atoms with Crippen LogP contribution >= 0.6 is 0 Å². The molecular weight excluding hydrogens is 340 g/mol. The third kappa shape index (κ3) is 3.72. The van der Waals surface area contributed by atoms with Crippen molar-refractivity contribution in [1.82, 2.24) is 0 Å². The highest BCUT2D eigenvalue weighted by atomic mass is 16.5. The van der Waals surface area contributed by atoms with Gasteiger partial charge in [-0.2, -0.15) is 0 Å². The lowest BCUT2D eigenvalue weighted by molar-refractivity contribution is 0.102. The molecule has 0 unspecified atom stereocenters. The second-order valence-electron chi connectivity index (χ2n) is 7.72. The number of hydrogen-bond donors (Lipinski definition) is 2. The zero-order chi connectivity index (χ0) is 18.2. The standard InChI is InChI=1S/C22H24N2O3/c25-22(24-17-6-8-19-21(12-17)26-10-9-23-19)16-5-7-18(15-3-4-15)20(11-16)27-13-14-1-2-14/h5-8,11-12,14-15,23H,1-4,9-10,13H2,(H,24,25). The Morgan fingerprint density at radius 3 is 2.85 bits per heavy atom. The van der Waals surface area contributed by atoms with Gasteiger partial charge < -0.3 is 20.1 Å². The zero-order valence-corrected chi connectivity index (χ0v) is 15.3. The Balaban J connectivity index is 1.33. The van der Waals surface area contributed by atoms with E-state index < -0.39 is 0 Å². The molecule has 2 fully saturated rings. The average Bonchev–Trinajstić information content (AvgIpc) is 3.60. The molecule has 0 spiro atoms. The molecule has 2 aromatic carbocycles. The van der Waals surface area contributed by atoms with Gasteiger partial charge in [0.05, 0.1) is 12.3 Å². The van der Waals surface area contributed by atoms with E-state index >= 15 is 0 Å². The minimum Gasteiger partial charge on any atom is -0.493 e. The van der Waals surface area contributed by atoms with Crippen molar-refractivity contribution in [1.29, 1.82) is 0 Å². The van der Waals surface area contributed by atoms with E-state index in [0.29, 0.717) is 24.0 Å². The highest BCUT2D eigenvalue weighted by Crippen LogP contribution is 2.45. The van der Waals surface area contributed by atoms with Gasteiger partial charge in [-0.25, -0.2) is 0 Å². The summed E-state index contributed by atoms with van der Waals surface area (Å²) in [5.74, 6) is 2.82. The van der Waals surface area contributed by atoms with Crippen LogP contribution in [0.4, 0.5) is 11.4 Å². The molecule has 5 heteroatoms. The molecule has 2 aromatic rings. The van der Waals surface area contributed by atoms with Crippen LogP contribution in [0.15, 0.2) is 36.4 Å². The van der Waals surface area contributed by atoms with E-state index in [1.54, 1.807) is 0 Å². The van der Waals surface area contributed by atoms with E-state index in [1.807, 2.05) is 30.3 Å². The Kier molecular flexibility index (Phi) is 4.15. The predicted molar refractivity (Wildman–Crippen MR) is 105 cm³/mol. The molecule has 1 heterocycles. The molecule has 1 aliphatic heterocycles. The molecule has 5 nitrogen and oxygen atoms in total. The van der Waals surface area contributed by atoms with Gasteiger partial charge in [-0.1, -0.05) is 6.07 Å². The topological polar surface area (TPSA) is 59.6 Å². The van der Waals surface area contributed by atoms with E-state index in [4.69, 9.17) is 9.47 Å². The van der Waals surface area contributed by atoms with E-state index in [1.165, 1.54) is 31.2 Å². The fourth-order valence-electron chi connectivity index (χ4n) is 3.44. The maximum absolute atomic E-state index is 12.8. The molecule has 0 radical (unpaired) electrons. The Morgan fingerprint density at radius 2 is 2.04 bits per heavy atom. The van der Waals surface area contributed by atoms with Gasteiger partial charge in [0.25, 0.3) is 5.91 Å². The van der Waals surface area contributed by atoms with Gasteiger partial charge in [0.2, 0.25) is 0 Å². The molecule has 140 valence electrons. The lowest BCUT2D eigenvalue weighted by atomic mass is 10.1. The number of anilines is 2. The van der Waals surface area contributed by atoms with Crippen molar-refractivity contribution in [3.8, 4) is 11.5 Å². The number of hydrogen-bond acceptors (Lipinski definition) is 4. The van der Waals surface area contributed by atoms with Crippen molar-refractivity contribution in [2.24, 2.45) is 5.92 Å². The van der Waals surface area contributed by atoms with Gasteiger partial charge >= 0.3 is 0 Å². The zero-order valence-electron chi connectivity index (χ0n) is 15.3. The number of fused-ring (bicyclic) bond motifs is 1. The fourth-order valence-corrected chi connectivity index (χ4v) is 3.44. The Morgan fingerprint density at radius 1 is 1.15 bits per heavy atom. The number of benzene rings is 2. The largest absolute Gasteiger partial charge is 0.493 e. The summed E-state index contributed by atoms with van der Waals surface area (Å²) < 4.78 is 11.7. The molecule has 2 saturated carbocycles. The van der Waals surface area contributed by atoms with Crippen molar-refractivity contribution < 1.29 is 14.3 Å². The van der Waals surface area contributed by atoms with Gasteiger partial charge in [0.15, 0.2) is 0 Å². The maximum Gasteiger partial charge on any atom is 0.255 e. The first kappa shape index (κ1) is 16.5. The Hall–Kier alpha value is -2.69. The molecule has 2 N–H and O–H groups in total. The number of carbonyl (C=O) groups excluding carboxylic acids is 1. The van der Waals surface area contributed by atoms with Gasteiger partial charge in [0.1, 0.15) is 18.1 Å². The summed E-state index contributed by atoms with van der Waals surface area (Å²) in [6.45, 7) is 2.20. The summed E-state index contributed by atoms with van der Waals surface area (Å²) in [6, 6.07) is 11.6. The van der Waals surface area contributed by atoms with E-state index in [2.05, 4.69) is 16.7 Å². The molecule has 0 aromatic heterocycles.